The minimum Gasteiger partial charge on any atom is -0.390 e. The van der Waals surface area contributed by atoms with Crippen LogP contribution in [0.25, 0.3) is 0 Å². The summed E-state index contributed by atoms with van der Waals surface area (Å²) in [6.07, 6.45) is 3.19. The lowest BCUT2D eigenvalue weighted by Gasteiger charge is -2.25. The van der Waals surface area contributed by atoms with Crippen molar-refractivity contribution in [2.75, 3.05) is 0 Å². The van der Waals surface area contributed by atoms with Gasteiger partial charge in [-0.25, -0.2) is 4.98 Å². The number of hydrogen-bond donors (Lipinski definition) is 2. The first kappa shape index (κ1) is 19.4. The quantitative estimate of drug-likeness (QED) is 0.700. The van der Waals surface area contributed by atoms with Crippen LogP contribution in [0.4, 0.5) is 0 Å². The van der Waals surface area contributed by atoms with Crippen molar-refractivity contribution in [2.45, 2.75) is 75.3 Å². The Balaban J connectivity index is 1.99. The van der Waals surface area contributed by atoms with Crippen molar-refractivity contribution in [1.82, 2.24) is 4.98 Å². The van der Waals surface area contributed by atoms with Crippen LogP contribution in [-0.4, -0.2) is 45.4 Å². The van der Waals surface area contributed by atoms with Gasteiger partial charge in [0.1, 0.15) is 23.3 Å². The van der Waals surface area contributed by atoms with Gasteiger partial charge < -0.3 is 19.7 Å². The van der Waals surface area contributed by atoms with E-state index in [4.69, 9.17) is 9.47 Å². The largest absolute Gasteiger partial charge is 0.390 e. The van der Waals surface area contributed by atoms with Crippen LogP contribution in [0.2, 0.25) is 0 Å². The lowest BCUT2D eigenvalue weighted by atomic mass is 9.99. The van der Waals surface area contributed by atoms with E-state index in [9.17, 15) is 10.2 Å². The molecule has 1 aliphatic rings. The molecule has 0 aromatic carbocycles. The molecule has 1 aromatic rings. The monoisotopic (exact) mass is 353 g/mol. The third kappa shape index (κ3) is 5.57. The number of thioether (sulfide) groups is 1. The average molecular weight is 353 g/mol. The Morgan fingerprint density at radius 3 is 2.79 bits per heavy atom. The fourth-order valence-electron chi connectivity index (χ4n) is 2.64. The van der Waals surface area contributed by atoms with E-state index >= 15 is 0 Å². The van der Waals surface area contributed by atoms with Crippen molar-refractivity contribution in [2.24, 2.45) is 0 Å². The molecule has 0 saturated carbocycles. The summed E-state index contributed by atoms with van der Waals surface area (Å²) in [5.41, 5.74) is 0. The Labute approximate surface area is 148 Å². The first-order valence-corrected chi connectivity index (χ1v) is 9.27. The van der Waals surface area contributed by atoms with Crippen LogP contribution in [0.3, 0.4) is 0 Å². The van der Waals surface area contributed by atoms with E-state index in [1.807, 2.05) is 43.5 Å². The van der Waals surface area contributed by atoms with Crippen LogP contribution in [0.15, 0.2) is 40.9 Å². The van der Waals surface area contributed by atoms with Gasteiger partial charge in [0.15, 0.2) is 5.79 Å². The number of rotatable bonds is 8. The van der Waals surface area contributed by atoms with E-state index in [1.165, 1.54) is 11.8 Å². The third-order valence-corrected chi connectivity index (χ3v) is 4.62. The van der Waals surface area contributed by atoms with Crippen LogP contribution >= 0.6 is 11.8 Å². The van der Waals surface area contributed by atoms with E-state index in [2.05, 4.69) is 11.9 Å². The molecule has 1 aliphatic heterocycles. The summed E-state index contributed by atoms with van der Waals surface area (Å²) >= 11 is 1.47. The van der Waals surface area contributed by atoms with Crippen molar-refractivity contribution in [3.05, 3.63) is 35.9 Å². The summed E-state index contributed by atoms with van der Waals surface area (Å²) in [6.45, 7) is 5.67. The Bertz CT molecular complexity index is 523. The van der Waals surface area contributed by atoms with Crippen LogP contribution in [0.5, 0.6) is 0 Å². The number of pyridine rings is 1. The van der Waals surface area contributed by atoms with E-state index in [1.54, 1.807) is 6.20 Å². The molecule has 134 valence electrons. The maximum absolute atomic E-state index is 10.5. The molecule has 2 heterocycles. The first-order valence-electron chi connectivity index (χ1n) is 8.39. The van der Waals surface area contributed by atoms with Gasteiger partial charge >= 0.3 is 0 Å². The van der Waals surface area contributed by atoms with Gasteiger partial charge in [0.05, 0.1) is 6.10 Å². The number of nitrogens with zero attached hydrogens (tertiary/aromatic N) is 1. The molecule has 5 nitrogen and oxygen atoms in total. The van der Waals surface area contributed by atoms with Gasteiger partial charge in [-0.1, -0.05) is 37.6 Å². The lowest BCUT2D eigenvalue weighted by Crippen LogP contribution is -2.42. The molecule has 0 amide bonds. The Morgan fingerprint density at radius 1 is 1.33 bits per heavy atom. The SMILES string of the molecule is CCCC[C@@H](O)[C@H](O)[C@H]1OC(C)(C)O[C@H]1/C=C/Sc1ccccn1. The molecule has 0 unspecified atom stereocenters. The molecule has 1 saturated heterocycles. The molecule has 4 atom stereocenters. The Morgan fingerprint density at radius 2 is 2.12 bits per heavy atom. The third-order valence-electron chi connectivity index (χ3n) is 3.84. The Hall–Kier alpha value is -0.920. The molecule has 24 heavy (non-hydrogen) atoms. The topological polar surface area (TPSA) is 71.8 Å². The molecule has 1 fully saturated rings. The van der Waals surface area contributed by atoms with Crippen molar-refractivity contribution in [1.29, 1.82) is 0 Å². The number of aliphatic hydroxyl groups excluding tert-OH is 2. The maximum Gasteiger partial charge on any atom is 0.164 e. The molecular formula is C18H27NO4S. The summed E-state index contributed by atoms with van der Waals surface area (Å²) in [7, 11) is 0. The highest BCUT2D eigenvalue weighted by Crippen LogP contribution is 2.33. The van der Waals surface area contributed by atoms with Gasteiger partial charge in [0.25, 0.3) is 0 Å². The minimum absolute atomic E-state index is 0.414. The second-order valence-corrected chi connectivity index (χ2v) is 7.31. The smallest absolute Gasteiger partial charge is 0.164 e. The number of aliphatic hydroxyl groups is 2. The number of unbranched alkanes of at least 4 members (excludes halogenated alkanes) is 1. The standard InChI is InChI=1S/C18H27NO4S/c1-4-5-8-13(20)16(21)17-14(22-18(2,3)23-17)10-12-24-15-9-6-7-11-19-15/h6-7,9-14,16-17,20-21H,4-5,8H2,1-3H3/b12-10+/t13-,14+,16+,17+/m1/s1. The summed E-state index contributed by atoms with van der Waals surface area (Å²) < 4.78 is 11.7. The van der Waals surface area contributed by atoms with Crippen molar-refractivity contribution in [3.63, 3.8) is 0 Å². The molecule has 2 N–H and O–H groups in total. The summed E-state index contributed by atoms with van der Waals surface area (Å²) in [5.74, 6) is -0.791. The molecule has 0 bridgehead atoms. The van der Waals surface area contributed by atoms with Gasteiger partial charge in [0.2, 0.25) is 0 Å². The summed E-state index contributed by atoms with van der Waals surface area (Å²) in [5, 5.41) is 23.4. The van der Waals surface area contributed by atoms with Gasteiger partial charge in [0, 0.05) is 6.20 Å². The second-order valence-electron chi connectivity index (χ2n) is 6.38. The lowest BCUT2D eigenvalue weighted by molar-refractivity contribution is -0.161. The fraction of sp³-hybridized carbons (Fsp3) is 0.611. The number of hydrogen-bond acceptors (Lipinski definition) is 6. The average Bonchev–Trinajstić information content (AvgIpc) is 2.87. The predicted molar refractivity (Wildman–Crippen MR) is 94.6 cm³/mol. The normalized spacial score (nSPS) is 25.9. The number of ether oxygens (including phenoxy) is 2. The highest BCUT2D eigenvalue weighted by Gasteiger charge is 2.45. The summed E-state index contributed by atoms with van der Waals surface area (Å²) in [4.78, 5) is 4.24. The van der Waals surface area contributed by atoms with Crippen molar-refractivity contribution >= 4 is 11.8 Å². The van der Waals surface area contributed by atoms with Crippen LogP contribution in [0, 0.1) is 0 Å². The molecule has 0 radical (unpaired) electrons. The zero-order valence-corrected chi connectivity index (χ0v) is 15.3. The zero-order valence-electron chi connectivity index (χ0n) is 14.5. The molecule has 1 aromatic heterocycles. The van der Waals surface area contributed by atoms with E-state index in [-0.39, 0.29) is 0 Å². The summed E-state index contributed by atoms with van der Waals surface area (Å²) in [6, 6.07) is 5.72. The second kappa shape index (κ2) is 8.97. The van der Waals surface area contributed by atoms with E-state index in [0.717, 1.165) is 17.9 Å². The maximum atomic E-state index is 10.5. The van der Waals surface area contributed by atoms with Gasteiger partial charge in [-0.3, -0.25) is 0 Å². The molecule has 0 aliphatic carbocycles. The van der Waals surface area contributed by atoms with Gasteiger partial charge in [-0.2, -0.15) is 0 Å². The molecule has 2 rings (SSSR count). The molecular weight excluding hydrogens is 326 g/mol. The van der Waals surface area contributed by atoms with Crippen LogP contribution in [0.1, 0.15) is 40.0 Å². The van der Waals surface area contributed by atoms with Crippen LogP contribution in [-0.2, 0) is 9.47 Å². The predicted octanol–water partition coefficient (Wildman–Crippen LogP) is 3.12. The van der Waals surface area contributed by atoms with E-state index in [0.29, 0.717) is 6.42 Å². The van der Waals surface area contributed by atoms with Crippen LogP contribution < -0.4 is 0 Å². The van der Waals surface area contributed by atoms with E-state index < -0.39 is 30.2 Å². The van der Waals surface area contributed by atoms with Gasteiger partial charge in [-0.15, -0.1) is 0 Å². The molecule has 0 spiro atoms. The van der Waals surface area contributed by atoms with Crippen molar-refractivity contribution in [3.8, 4) is 0 Å². The zero-order chi connectivity index (χ0) is 17.6. The first-order chi connectivity index (χ1) is 11.4. The fourth-order valence-corrected chi connectivity index (χ4v) is 3.29. The highest BCUT2D eigenvalue weighted by molar-refractivity contribution is 8.02. The highest BCUT2D eigenvalue weighted by atomic mass is 32.2. The Kier molecular flexibility index (Phi) is 7.25. The molecule has 6 heteroatoms. The number of aromatic nitrogens is 1. The minimum atomic E-state index is -0.979. The van der Waals surface area contributed by atoms with Gasteiger partial charge in [-0.05, 0) is 43.9 Å². The van der Waals surface area contributed by atoms with Crippen molar-refractivity contribution < 1.29 is 19.7 Å².